The fourth-order valence-electron chi connectivity index (χ4n) is 3.49. The minimum atomic E-state index is -0.540. The molecule has 3 aromatic rings. The third kappa shape index (κ3) is 9.53. The molecule has 0 radical (unpaired) electrons. The van der Waals surface area contributed by atoms with Gasteiger partial charge in [-0.1, -0.05) is 27.2 Å². The van der Waals surface area contributed by atoms with Gasteiger partial charge in [0.05, 0.1) is 12.8 Å². The third-order valence-corrected chi connectivity index (χ3v) is 5.15. The van der Waals surface area contributed by atoms with Gasteiger partial charge in [0.2, 0.25) is 5.95 Å². The first kappa shape index (κ1) is 29.8. The summed E-state index contributed by atoms with van der Waals surface area (Å²) >= 11 is 0. The maximum atomic E-state index is 12.4. The van der Waals surface area contributed by atoms with Gasteiger partial charge >= 0.3 is 6.09 Å². The van der Waals surface area contributed by atoms with Crippen LogP contribution in [-0.4, -0.2) is 70.4 Å². The number of benzene rings is 1. The van der Waals surface area contributed by atoms with E-state index in [1.54, 1.807) is 25.3 Å². The zero-order valence-corrected chi connectivity index (χ0v) is 23.4. The Balaban J connectivity index is 0.00000235. The number of nitrogens with one attached hydrogen (secondary N) is 2. The lowest BCUT2D eigenvalue weighted by atomic mass is 10.0. The molecule has 3 rings (SSSR count). The Morgan fingerprint density at radius 3 is 2.46 bits per heavy atom. The summed E-state index contributed by atoms with van der Waals surface area (Å²) in [5, 5.41) is 3.20. The fraction of sp³-hybridized carbons (Fsp3) is 0.556. The van der Waals surface area contributed by atoms with Gasteiger partial charge in [0.1, 0.15) is 29.3 Å². The number of hydrogen-bond donors (Lipinski definition) is 2. The van der Waals surface area contributed by atoms with E-state index in [0.29, 0.717) is 31.4 Å². The summed E-state index contributed by atoms with van der Waals surface area (Å²) in [6.45, 7) is 13.2. The van der Waals surface area contributed by atoms with E-state index in [9.17, 15) is 4.79 Å². The topological polar surface area (TPSA) is 114 Å². The highest BCUT2D eigenvalue weighted by molar-refractivity contribution is 5.72. The van der Waals surface area contributed by atoms with Crippen LogP contribution in [0.5, 0.6) is 5.75 Å². The van der Waals surface area contributed by atoms with Gasteiger partial charge in [-0.25, -0.2) is 14.8 Å². The van der Waals surface area contributed by atoms with Gasteiger partial charge in [-0.2, -0.15) is 4.98 Å². The lowest BCUT2D eigenvalue weighted by Gasteiger charge is -2.27. The Kier molecular flexibility index (Phi) is 11.6. The van der Waals surface area contributed by atoms with Crippen LogP contribution < -0.4 is 10.1 Å². The summed E-state index contributed by atoms with van der Waals surface area (Å²) in [5.74, 6) is 2.01. The summed E-state index contributed by atoms with van der Waals surface area (Å²) < 4.78 is 16.1. The molecule has 10 nitrogen and oxygen atoms in total. The zero-order chi connectivity index (χ0) is 27.4. The highest BCUT2D eigenvalue weighted by Gasteiger charge is 2.24. The molecule has 1 unspecified atom stereocenters. The molecule has 0 bridgehead atoms. The standard InChI is InChI=1S/C25H36N6O4.C2H6/c1-7-8-17(16-31(5)24(32)35-25(2,3)4)21-28-20-15-26-23(30-22(20)29-21)27-18-9-11-19(12-10-18)34-14-13-33-6;1-2/h9-12,15,17H,7-8,13-14,16H2,1-6H3,(H2,26,27,28,29,30);1-2H3. The lowest BCUT2D eigenvalue weighted by Crippen LogP contribution is -2.36. The van der Waals surface area contributed by atoms with Gasteiger partial charge in [0.25, 0.3) is 0 Å². The number of nitrogens with zero attached hydrogens (tertiary/aromatic N) is 4. The molecule has 2 aromatic heterocycles. The number of carbonyl (C=O) groups excluding carboxylic acids is 1. The van der Waals surface area contributed by atoms with Gasteiger partial charge in [-0.3, -0.25) is 0 Å². The number of likely N-dealkylation sites (N-methyl/N-ethyl adjacent to an activating group) is 1. The smallest absolute Gasteiger partial charge is 0.410 e. The highest BCUT2D eigenvalue weighted by Crippen LogP contribution is 2.24. The van der Waals surface area contributed by atoms with Crippen LogP contribution in [0.25, 0.3) is 11.2 Å². The second-order valence-electron chi connectivity index (χ2n) is 9.39. The van der Waals surface area contributed by atoms with Crippen molar-refractivity contribution < 1.29 is 19.0 Å². The number of imidazole rings is 1. The first-order valence-electron chi connectivity index (χ1n) is 12.8. The minimum absolute atomic E-state index is 0.0220. The van der Waals surface area contributed by atoms with Crippen molar-refractivity contribution in [2.24, 2.45) is 0 Å². The van der Waals surface area contributed by atoms with E-state index in [1.165, 1.54) is 0 Å². The minimum Gasteiger partial charge on any atom is -0.491 e. The Bertz CT molecular complexity index is 1090. The second kappa shape index (κ2) is 14.4. The SMILES string of the molecule is CC.CCCC(CN(C)C(=O)OC(C)(C)C)c1nc2nc(Nc3ccc(OCCOC)cc3)ncc2[nH]1. The maximum Gasteiger partial charge on any atom is 0.410 e. The van der Waals surface area contributed by atoms with Crippen molar-refractivity contribution >= 4 is 28.9 Å². The van der Waals surface area contributed by atoms with E-state index in [0.717, 1.165) is 35.6 Å². The largest absolute Gasteiger partial charge is 0.491 e. The van der Waals surface area contributed by atoms with E-state index >= 15 is 0 Å². The normalized spacial score (nSPS) is 11.9. The van der Waals surface area contributed by atoms with Gasteiger partial charge in [-0.15, -0.1) is 0 Å². The molecule has 0 aliphatic carbocycles. The molecule has 0 saturated heterocycles. The van der Waals surface area contributed by atoms with Crippen molar-refractivity contribution in [2.45, 2.75) is 65.9 Å². The van der Waals surface area contributed by atoms with Gasteiger partial charge in [0, 0.05) is 32.3 Å². The van der Waals surface area contributed by atoms with Crippen LogP contribution in [-0.2, 0) is 9.47 Å². The number of ether oxygens (including phenoxy) is 3. The van der Waals surface area contributed by atoms with Gasteiger partial charge in [0.15, 0.2) is 5.65 Å². The number of amides is 1. The summed E-state index contributed by atoms with van der Waals surface area (Å²) in [7, 11) is 3.39. The van der Waals surface area contributed by atoms with Crippen molar-refractivity contribution in [1.29, 1.82) is 0 Å². The van der Waals surface area contributed by atoms with Crippen LogP contribution in [0.2, 0.25) is 0 Å². The Hall–Kier alpha value is -3.40. The Morgan fingerprint density at radius 1 is 1.14 bits per heavy atom. The Morgan fingerprint density at radius 2 is 1.84 bits per heavy atom. The predicted molar refractivity (Wildman–Crippen MR) is 147 cm³/mol. The van der Waals surface area contributed by atoms with Crippen LogP contribution in [0.3, 0.4) is 0 Å². The van der Waals surface area contributed by atoms with Crippen LogP contribution in [0.1, 0.15) is 66.1 Å². The molecule has 1 aromatic carbocycles. The van der Waals surface area contributed by atoms with E-state index < -0.39 is 5.60 Å². The molecule has 1 atom stereocenters. The lowest BCUT2D eigenvalue weighted by molar-refractivity contribution is 0.0286. The number of rotatable bonds is 11. The first-order chi connectivity index (χ1) is 17.7. The number of H-pyrrole nitrogens is 1. The molecule has 0 saturated carbocycles. The number of fused-ring (bicyclic) bond motifs is 1. The molecule has 0 spiro atoms. The summed E-state index contributed by atoms with van der Waals surface area (Å²) in [6.07, 6.45) is 3.18. The number of aromatic nitrogens is 4. The zero-order valence-electron chi connectivity index (χ0n) is 23.4. The maximum absolute atomic E-state index is 12.4. The van der Waals surface area contributed by atoms with E-state index in [-0.39, 0.29) is 12.0 Å². The molecular formula is C27H42N6O4. The average Bonchev–Trinajstić information content (AvgIpc) is 3.28. The average molecular weight is 515 g/mol. The number of carbonyl (C=O) groups is 1. The number of anilines is 2. The summed E-state index contributed by atoms with van der Waals surface area (Å²) in [6, 6.07) is 7.55. The molecule has 2 heterocycles. The molecular weight excluding hydrogens is 472 g/mol. The quantitative estimate of drug-likeness (QED) is 0.304. The number of methoxy groups -OCH3 is 1. The summed E-state index contributed by atoms with van der Waals surface area (Å²) in [5.41, 5.74) is 1.61. The number of hydrogen-bond acceptors (Lipinski definition) is 8. The molecule has 0 aliphatic rings. The summed E-state index contributed by atoms with van der Waals surface area (Å²) in [4.78, 5) is 31.0. The van der Waals surface area contributed by atoms with Crippen molar-refractivity contribution in [3.05, 3.63) is 36.3 Å². The van der Waals surface area contributed by atoms with Crippen molar-refractivity contribution in [3.63, 3.8) is 0 Å². The van der Waals surface area contributed by atoms with Crippen LogP contribution in [0.4, 0.5) is 16.4 Å². The van der Waals surface area contributed by atoms with E-state index in [2.05, 4.69) is 27.2 Å². The van der Waals surface area contributed by atoms with Crippen molar-refractivity contribution in [2.75, 3.05) is 39.2 Å². The van der Waals surface area contributed by atoms with Crippen LogP contribution in [0.15, 0.2) is 30.5 Å². The Labute approximate surface area is 220 Å². The first-order valence-corrected chi connectivity index (χ1v) is 12.8. The molecule has 37 heavy (non-hydrogen) atoms. The van der Waals surface area contributed by atoms with Gasteiger partial charge in [-0.05, 0) is 51.5 Å². The molecule has 10 heteroatoms. The van der Waals surface area contributed by atoms with E-state index in [4.69, 9.17) is 19.2 Å². The van der Waals surface area contributed by atoms with Crippen LogP contribution in [0, 0.1) is 0 Å². The second-order valence-corrected chi connectivity index (χ2v) is 9.39. The molecule has 204 valence electrons. The third-order valence-electron chi connectivity index (χ3n) is 5.15. The van der Waals surface area contributed by atoms with Crippen molar-refractivity contribution in [3.8, 4) is 5.75 Å². The molecule has 0 aliphatic heterocycles. The van der Waals surface area contributed by atoms with E-state index in [1.807, 2.05) is 58.9 Å². The van der Waals surface area contributed by atoms with Gasteiger partial charge < -0.3 is 29.4 Å². The highest BCUT2D eigenvalue weighted by atomic mass is 16.6. The van der Waals surface area contributed by atoms with Crippen LogP contribution >= 0.6 is 0 Å². The predicted octanol–water partition coefficient (Wildman–Crippen LogP) is 5.90. The monoisotopic (exact) mass is 514 g/mol. The van der Waals surface area contributed by atoms with Crippen molar-refractivity contribution in [1.82, 2.24) is 24.8 Å². The molecule has 1 amide bonds. The number of aromatic amines is 1. The molecule has 2 N–H and O–H groups in total. The molecule has 0 fully saturated rings. The fourth-order valence-corrected chi connectivity index (χ4v) is 3.49.